The normalized spacial score (nSPS) is 20.6. The lowest BCUT2D eigenvalue weighted by molar-refractivity contribution is -0.150. The number of β-lactam (4-membered cyclic amide) rings is 1. The molecule has 3 aliphatic rings. The van der Waals surface area contributed by atoms with Gasteiger partial charge in [0.2, 0.25) is 0 Å². The Balaban J connectivity index is 1.20. The van der Waals surface area contributed by atoms with Crippen molar-refractivity contribution < 1.29 is 24.3 Å². The minimum Gasteiger partial charge on any atom is -0.477 e. The third-order valence-electron chi connectivity index (χ3n) is 6.40. The number of nitrogen functional groups attached to an aromatic ring is 1. The van der Waals surface area contributed by atoms with Gasteiger partial charge in [0.05, 0.1) is 11.9 Å². The second kappa shape index (κ2) is 11.0. The van der Waals surface area contributed by atoms with E-state index >= 15 is 0 Å². The van der Waals surface area contributed by atoms with E-state index in [1.165, 1.54) is 28.4 Å². The van der Waals surface area contributed by atoms with Crippen molar-refractivity contribution in [1.82, 2.24) is 25.0 Å². The lowest BCUT2D eigenvalue weighted by Crippen LogP contribution is -2.71. The molecule has 0 spiro atoms. The number of oxime groups is 1. The first kappa shape index (κ1) is 26.4. The summed E-state index contributed by atoms with van der Waals surface area (Å²) in [6.45, 7) is 0.390. The number of para-hydroxylation sites is 1. The predicted molar refractivity (Wildman–Crippen MR) is 151 cm³/mol. The van der Waals surface area contributed by atoms with Crippen molar-refractivity contribution in [3.05, 3.63) is 64.3 Å². The summed E-state index contributed by atoms with van der Waals surface area (Å²) in [5, 5.41) is 23.1. The Morgan fingerprint density at radius 1 is 1.25 bits per heavy atom. The van der Waals surface area contributed by atoms with Crippen LogP contribution in [0.3, 0.4) is 0 Å². The van der Waals surface area contributed by atoms with E-state index in [1.54, 1.807) is 22.3 Å². The molecule has 12 nitrogen and oxygen atoms in total. The molecule has 15 heteroatoms. The van der Waals surface area contributed by atoms with Crippen molar-refractivity contribution in [2.45, 2.75) is 29.3 Å². The molecule has 2 atom stereocenters. The Kier molecular flexibility index (Phi) is 7.25. The number of hydrogen-bond acceptors (Lipinski definition) is 11. The van der Waals surface area contributed by atoms with Gasteiger partial charge in [0.25, 0.3) is 11.8 Å². The number of nitrogens with two attached hydrogens (primary N) is 1. The number of nitrogens with zero attached hydrogens (tertiary/aromatic N) is 5. The molecular weight excluding hydrogens is 575 g/mol. The molecule has 2 aromatic heterocycles. The van der Waals surface area contributed by atoms with Gasteiger partial charge in [0, 0.05) is 16.0 Å². The third-order valence-corrected chi connectivity index (χ3v) is 9.64. The Labute approximate surface area is 240 Å². The van der Waals surface area contributed by atoms with Crippen LogP contribution in [-0.2, 0) is 19.2 Å². The molecule has 2 amide bonds. The summed E-state index contributed by atoms with van der Waals surface area (Å²) >= 11 is 3.78. The number of aliphatic carboxylic acids is 1. The highest BCUT2D eigenvalue weighted by Gasteiger charge is 2.54. The van der Waals surface area contributed by atoms with Crippen molar-refractivity contribution in [3.63, 3.8) is 0 Å². The highest BCUT2D eigenvalue weighted by atomic mass is 32.2. The first-order valence-corrected chi connectivity index (χ1v) is 15.1. The van der Waals surface area contributed by atoms with Gasteiger partial charge in [-0.25, -0.2) is 14.5 Å². The number of amides is 2. The maximum Gasteiger partial charge on any atom is 0.353 e. The zero-order chi connectivity index (χ0) is 27.8. The van der Waals surface area contributed by atoms with Crippen LogP contribution in [0.25, 0.3) is 5.69 Å². The van der Waals surface area contributed by atoms with Gasteiger partial charge in [-0.1, -0.05) is 35.1 Å². The van der Waals surface area contributed by atoms with Gasteiger partial charge >= 0.3 is 5.97 Å². The number of aromatic nitrogens is 3. The molecule has 4 N–H and O–H groups in total. The number of hydrogen-bond donors (Lipinski definition) is 3. The Morgan fingerprint density at radius 3 is 2.75 bits per heavy atom. The molecule has 0 radical (unpaired) electrons. The molecule has 206 valence electrons. The largest absolute Gasteiger partial charge is 0.477 e. The zero-order valence-corrected chi connectivity index (χ0v) is 23.2. The average molecular weight is 598 g/mol. The maximum atomic E-state index is 13.2. The van der Waals surface area contributed by atoms with Crippen molar-refractivity contribution >= 4 is 63.5 Å². The predicted octanol–water partition coefficient (Wildman–Crippen LogP) is 2.53. The number of carbonyl (C=O) groups is 3. The highest BCUT2D eigenvalue weighted by molar-refractivity contribution is 8.06. The lowest BCUT2D eigenvalue weighted by atomic mass is 10.0. The summed E-state index contributed by atoms with van der Waals surface area (Å²) in [4.78, 5) is 50.0. The number of thiazole rings is 1. The van der Waals surface area contributed by atoms with Gasteiger partial charge in [-0.3, -0.25) is 14.5 Å². The van der Waals surface area contributed by atoms with E-state index in [0.29, 0.717) is 28.2 Å². The second-order valence-electron chi connectivity index (χ2n) is 9.21. The third kappa shape index (κ3) is 5.19. The molecule has 2 aliphatic heterocycles. The van der Waals surface area contributed by atoms with Crippen LogP contribution in [0.2, 0.25) is 0 Å². The number of carboxylic acids is 1. The lowest BCUT2D eigenvalue weighted by Gasteiger charge is -2.49. The van der Waals surface area contributed by atoms with E-state index in [2.05, 4.69) is 20.6 Å². The van der Waals surface area contributed by atoms with E-state index in [9.17, 15) is 19.5 Å². The van der Waals surface area contributed by atoms with Gasteiger partial charge in [0.1, 0.15) is 34.4 Å². The van der Waals surface area contributed by atoms with Gasteiger partial charge in [-0.05, 0) is 37.0 Å². The van der Waals surface area contributed by atoms with Gasteiger partial charge in [-0.2, -0.15) is 5.10 Å². The summed E-state index contributed by atoms with van der Waals surface area (Å²) < 4.78 is 1.71. The van der Waals surface area contributed by atoms with Crippen LogP contribution < -0.4 is 11.1 Å². The SMILES string of the molecule is Nc1nc(/C(=N/OCC2CC2)C(=O)N[C@@H]2C(=O)N3C(C(=O)O)=C(Sc4ccnn4-c4ccccc4)CS[C@H]23)cs1. The number of benzene rings is 1. The molecule has 6 rings (SSSR count). The van der Waals surface area contributed by atoms with E-state index < -0.39 is 29.2 Å². The standard InChI is InChI=1S/C25H23N7O5S3/c26-25-28-15(11-39-25)18(30-37-10-13-6-7-13)21(33)29-19-22(34)31-20(24(35)36)16(12-38-23(19)31)40-17-8-9-27-32(17)14-4-2-1-3-5-14/h1-5,8-9,11,13,19,23H,6-7,10,12H2,(H2,26,28)(H,29,33)(H,35,36)/b30-18-/t19-,23-/m1/s1. The minimum atomic E-state index is -1.22. The summed E-state index contributed by atoms with van der Waals surface area (Å²) in [5.41, 5.74) is 6.64. The number of nitrogens with one attached hydrogen (secondary N) is 1. The maximum absolute atomic E-state index is 13.2. The first-order chi connectivity index (χ1) is 19.4. The van der Waals surface area contributed by atoms with Crippen LogP contribution in [0.15, 0.2) is 68.8 Å². The summed E-state index contributed by atoms with van der Waals surface area (Å²) in [5.74, 6) is -1.62. The molecule has 0 bridgehead atoms. The number of carboxylic acid groups (broad SMARTS) is 1. The van der Waals surface area contributed by atoms with Crippen LogP contribution in [0.1, 0.15) is 18.5 Å². The van der Waals surface area contributed by atoms with E-state index in [1.807, 2.05) is 30.3 Å². The molecular formula is C25H23N7O5S3. The quantitative estimate of drug-likeness (QED) is 0.180. The molecule has 1 saturated heterocycles. The Morgan fingerprint density at radius 2 is 2.05 bits per heavy atom. The van der Waals surface area contributed by atoms with Crippen molar-refractivity contribution in [2.24, 2.45) is 11.1 Å². The Bertz CT molecular complexity index is 1530. The smallest absolute Gasteiger partial charge is 0.353 e. The number of fused-ring (bicyclic) bond motifs is 1. The number of anilines is 1. The molecule has 1 saturated carbocycles. The molecule has 40 heavy (non-hydrogen) atoms. The van der Waals surface area contributed by atoms with Gasteiger partial charge in [-0.15, -0.1) is 23.1 Å². The number of carbonyl (C=O) groups excluding carboxylic acids is 2. The van der Waals surface area contributed by atoms with Crippen LogP contribution in [0.4, 0.5) is 5.13 Å². The fourth-order valence-corrected chi connectivity index (χ4v) is 7.31. The zero-order valence-electron chi connectivity index (χ0n) is 20.8. The topological polar surface area (TPSA) is 165 Å². The fraction of sp³-hybridized carbons (Fsp3) is 0.280. The van der Waals surface area contributed by atoms with Crippen LogP contribution >= 0.6 is 34.9 Å². The highest BCUT2D eigenvalue weighted by Crippen LogP contribution is 2.45. The summed E-state index contributed by atoms with van der Waals surface area (Å²) in [6, 6.07) is 10.3. The summed E-state index contributed by atoms with van der Waals surface area (Å²) in [7, 11) is 0. The number of rotatable bonds is 10. The van der Waals surface area contributed by atoms with Crippen LogP contribution in [-0.4, -0.2) is 72.0 Å². The summed E-state index contributed by atoms with van der Waals surface area (Å²) in [6.07, 6.45) is 3.75. The van der Waals surface area contributed by atoms with Crippen molar-refractivity contribution in [2.75, 3.05) is 18.1 Å². The molecule has 2 fully saturated rings. The minimum absolute atomic E-state index is 0.0833. The van der Waals surface area contributed by atoms with Crippen molar-refractivity contribution in [3.8, 4) is 5.69 Å². The number of thioether (sulfide) groups is 2. The molecule has 4 heterocycles. The molecule has 0 unspecified atom stereocenters. The van der Waals surface area contributed by atoms with Gasteiger partial charge in [0.15, 0.2) is 10.8 Å². The monoisotopic (exact) mass is 597 g/mol. The van der Waals surface area contributed by atoms with E-state index in [0.717, 1.165) is 29.9 Å². The second-order valence-corrected chi connectivity index (χ2v) is 12.3. The molecule has 1 aromatic carbocycles. The van der Waals surface area contributed by atoms with E-state index in [-0.39, 0.29) is 22.2 Å². The van der Waals surface area contributed by atoms with Gasteiger partial charge < -0.3 is 21.0 Å². The molecule has 1 aliphatic carbocycles. The Hall–Kier alpha value is -3.82. The van der Waals surface area contributed by atoms with E-state index in [4.69, 9.17) is 10.6 Å². The molecule has 3 aromatic rings. The fourth-order valence-electron chi connectivity index (χ4n) is 4.23. The first-order valence-electron chi connectivity index (χ1n) is 12.3. The van der Waals surface area contributed by atoms with Crippen LogP contribution in [0.5, 0.6) is 0 Å². The van der Waals surface area contributed by atoms with Crippen molar-refractivity contribution in [1.29, 1.82) is 0 Å². The average Bonchev–Trinajstić information content (AvgIpc) is 3.50. The van der Waals surface area contributed by atoms with Crippen LogP contribution in [0, 0.1) is 5.92 Å².